The van der Waals surface area contributed by atoms with Crippen LogP contribution in [0.3, 0.4) is 0 Å². The Balaban J connectivity index is 1.88. The molecule has 2 aromatic rings. The summed E-state index contributed by atoms with van der Waals surface area (Å²) in [6.45, 7) is 2.16. The number of benzene rings is 1. The largest absolute Gasteiger partial charge is 0.378 e. The quantitative estimate of drug-likeness (QED) is 0.900. The molecule has 1 aliphatic carbocycles. The fourth-order valence-electron chi connectivity index (χ4n) is 2.79. The molecule has 1 N–H and O–H groups in total. The van der Waals surface area contributed by atoms with E-state index in [9.17, 15) is 4.39 Å². The van der Waals surface area contributed by atoms with Crippen molar-refractivity contribution in [1.82, 2.24) is 14.9 Å². The first kappa shape index (κ1) is 11.4. The van der Waals surface area contributed by atoms with Gasteiger partial charge < -0.3 is 14.6 Å². The molecule has 0 radical (unpaired) electrons. The fraction of sp³-hybridized carbons (Fsp3) is 0.500. The summed E-state index contributed by atoms with van der Waals surface area (Å²) >= 11 is 0. The van der Waals surface area contributed by atoms with Crippen molar-refractivity contribution in [3.63, 3.8) is 0 Å². The molecule has 4 nitrogen and oxygen atoms in total. The molecule has 1 aromatic carbocycles. The Hall–Kier alpha value is -1.46. The van der Waals surface area contributed by atoms with Crippen LogP contribution in [-0.4, -0.2) is 29.3 Å². The molecule has 100 valence electrons. The number of hydrogen-bond acceptors (Lipinski definition) is 3. The van der Waals surface area contributed by atoms with Crippen LogP contribution in [0.25, 0.3) is 11.0 Å². The number of fused-ring (bicyclic) bond motifs is 1. The van der Waals surface area contributed by atoms with Crippen molar-refractivity contribution in [2.75, 3.05) is 19.8 Å². The van der Waals surface area contributed by atoms with Crippen molar-refractivity contribution in [2.24, 2.45) is 0 Å². The summed E-state index contributed by atoms with van der Waals surface area (Å²) in [5, 5.41) is 3.41. The highest BCUT2D eigenvalue weighted by Crippen LogP contribution is 2.40. The van der Waals surface area contributed by atoms with Crippen LogP contribution in [-0.2, 0) is 4.74 Å². The van der Waals surface area contributed by atoms with E-state index in [-0.39, 0.29) is 11.9 Å². The summed E-state index contributed by atoms with van der Waals surface area (Å²) < 4.78 is 21.6. The molecule has 1 aliphatic heterocycles. The van der Waals surface area contributed by atoms with E-state index in [1.807, 2.05) is 6.07 Å². The van der Waals surface area contributed by atoms with Crippen LogP contribution < -0.4 is 5.32 Å². The highest BCUT2D eigenvalue weighted by molar-refractivity contribution is 5.77. The van der Waals surface area contributed by atoms with E-state index in [1.54, 1.807) is 6.07 Å². The summed E-state index contributed by atoms with van der Waals surface area (Å²) in [5.74, 6) is 0.678. The van der Waals surface area contributed by atoms with E-state index in [1.165, 1.54) is 6.07 Å². The van der Waals surface area contributed by atoms with E-state index < -0.39 is 0 Å². The normalized spacial score (nSPS) is 23.9. The van der Waals surface area contributed by atoms with Crippen LogP contribution in [0.15, 0.2) is 18.2 Å². The first-order chi connectivity index (χ1) is 9.34. The van der Waals surface area contributed by atoms with Crippen molar-refractivity contribution in [2.45, 2.75) is 24.9 Å². The van der Waals surface area contributed by atoms with Crippen molar-refractivity contribution in [3.05, 3.63) is 29.8 Å². The Morgan fingerprint density at radius 2 is 2.26 bits per heavy atom. The molecule has 1 saturated carbocycles. The Labute approximate surface area is 110 Å². The van der Waals surface area contributed by atoms with Crippen molar-refractivity contribution in [1.29, 1.82) is 0 Å². The van der Waals surface area contributed by atoms with Crippen LogP contribution in [0.2, 0.25) is 0 Å². The molecule has 2 heterocycles. The summed E-state index contributed by atoms with van der Waals surface area (Å²) in [5.41, 5.74) is 1.39. The van der Waals surface area contributed by atoms with Crippen molar-refractivity contribution < 1.29 is 9.13 Å². The lowest BCUT2D eigenvalue weighted by atomic mass is 10.2. The lowest BCUT2D eigenvalue weighted by molar-refractivity contribution is 0.0732. The molecule has 1 unspecified atom stereocenters. The summed E-state index contributed by atoms with van der Waals surface area (Å²) in [6, 6.07) is 5.73. The molecule has 1 aromatic heterocycles. The third kappa shape index (κ3) is 1.84. The van der Waals surface area contributed by atoms with Gasteiger partial charge in [0, 0.05) is 12.6 Å². The molecule has 4 rings (SSSR count). The van der Waals surface area contributed by atoms with Crippen LogP contribution in [0.1, 0.15) is 30.7 Å². The second-order valence-electron chi connectivity index (χ2n) is 5.26. The number of rotatable bonds is 2. The summed E-state index contributed by atoms with van der Waals surface area (Å²) in [6.07, 6.45) is 2.31. The third-order valence-corrected chi connectivity index (χ3v) is 3.84. The number of imidazole rings is 1. The van der Waals surface area contributed by atoms with E-state index in [0.29, 0.717) is 18.2 Å². The van der Waals surface area contributed by atoms with Crippen LogP contribution in [0.5, 0.6) is 0 Å². The van der Waals surface area contributed by atoms with Gasteiger partial charge in [-0.1, -0.05) is 6.07 Å². The second kappa shape index (κ2) is 4.28. The van der Waals surface area contributed by atoms with Crippen LogP contribution >= 0.6 is 0 Å². The summed E-state index contributed by atoms with van der Waals surface area (Å²) in [7, 11) is 0. The monoisotopic (exact) mass is 261 g/mol. The molecule has 1 saturated heterocycles. The first-order valence-electron chi connectivity index (χ1n) is 6.82. The lowest BCUT2D eigenvalue weighted by Gasteiger charge is -2.24. The zero-order valence-electron chi connectivity index (χ0n) is 10.6. The van der Waals surface area contributed by atoms with E-state index in [0.717, 1.165) is 37.3 Å². The molecule has 0 spiro atoms. The number of para-hydroxylation sites is 1. The highest BCUT2D eigenvalue weighted by atomic mass is 19.1. The molecule has 19 heavy (non-hydrogen) atoms. The molecule has 2 fully saturated rings. The minimum Gasteiger partial charge on any atom is -0.378 e. The van der Waals surface area contributed by atoms with Gasteiger partial charge in [-0.2, -0.15) is 0 Å². The van der Waals surface area contributed by atoms with Crippen molar-refractivity contribution >= 4 is 11.0 Å². The SMILES string of the molecule is Fc1cccc2c1nc(C1COCCN1)n2C1CC1. The first-order valence-corrected chi connectivity index (χ1v) is 6.82. The Kier molecular flexibility index (Phi) is 2.56. The molecule has 0 amide bonds. The minimum absolute atomic E-state index is 0.0705. The van der Waals surface area contributed by atoms with Crippen LogP contribution in [0.4, 0.5) is 4.39 Å². The van der Waals surface area contributed by atoms with Gasteiger partial charge in [0.2, 0.25) is 0 Å². The lowest BCUT2D eigenvalue weighted by Crippen LogP contribution is -2.36. The summed E-state index contributed by atoms with van der Waals surface area (Å²) in [4.78, 5) is 4.54. The number of hydrogen-bond donors (Lipinski definition) is 1. The number of nitrogens with zero attached hydrogens (tertiary/aromatic N) is 2. The standard InChI is InChI=1S/C14H16FN3O/c15-10-2-1-3-12-13(10)17-14(18(12)9-4-5-9)11-8-19-7-6-16-11/h1-3,9,11,16H,4-8H2. The number of morpholine rings is 1. The van der Waals surface area contributed by atoms with Gasteiger partial charge in [-0.3, -0.25) is 0 Å². The van der Waals surface area contributed by atoms with Gasteiger partial charge in [0.05, 0.1) is 24.8 Å². The molecule has 2 aliphatic rings. The van der Waals surface area contributed by atoms with Gasteiger partial charge in [-0.15, -0.1) is 0 Å². The zero-order chi connectivity index (χ0) is 12.8. The maximum atomic E-state index is 13.9. The molecule has 1 atom stereocenters. The molecular formula is C14H16FN3O. The van der Waals surface area contributed by atoms with Gasteiger partial charge in [0.15, 0.2) is 5.82 Å². The fourth-order valence-corrected chi connectivity index (χ4v) is 2.79. The second-order valence-corrected chi connectivity index (χ2v) is 5.26. The number of ether oxygens (including phenoxy) is 1. The third-order valence-electron chi connectivity index (χ3n) is 3.84. The average molecular weight is 261 g/mol. The minimum atomic E-state index is -0.241. The number of halogens is 1. The van der Waals surface area contributed by atoms with Gasteiger partial charge in [0.1, 0.15) is 11.3 Å². The smallest absolute Gasteiger partial charge is 0.151 e. The topological polar surface area (TPSA) is 39.1 Å². The van der Waals surface area contributed by atoms with E-state index in [2.05, 4.69) is 14.9 Å². The van der Waals surface area contributed by atoms with Crippen LogP contribution in [0, 0.1) is 5.82 Å². The average Bonchev–Trinajstić information content (AvgIpc) is 3.20. The predicted molar refractivity (Wildman–Crippen MR) is 69.5 cm³/mol. The Morgan fingerprint density at radius 1 is 1.37 bits per heavy atom. The Morgan fingerprint density at radius 3 is 3.00 bits per heavy atom. The van der Waals surface area contributed by atoms with Gasteiger partial charge in [0.25, 0.3) is 0 Å². The van der Waals surface area contributed by atoms with Crippen molar-refractivity contribution in [3.8, 4) is 0 Å². The van der Waals surface area contributed by atoms with Gasteiger partial charge in [-0.05, 0) is 25.0 Å². The Bertz CT molecular complexity index is 614. The zero-order valence-corrected chi connectivity index (χ0v) is 10.6. The number of nitrogens with one attached hydrogen (secondary N) is 1. The van der Waals surface area contributed by atoms with E-state index >= 15 is 0 Å². The maximum Gasteiger partial charge on any atom is 0.151 e. The maximum absolute atomic E-state index is 13.9. The highest BCUT2D eigenvalue weighted by Gasteiger charge is 2.32. The molecule has 5 heteroatoms. The molecule has 0 bridgehead atoms. The predicted octanol–water partition coefficient (Wildman–Crippen LogP) is 2.17. The van der Waals surface area contributed by atoms with Gasteiger partial charge in [-0.25, -0.2) is 9.37 Å². The number of aromatic nitrogens is 2. The van der Waals surface area contributed by atoms with Gasteiger partial charge >= 0.3 is 0 Å². The molecular weight excluding hydrogens is 245 g/mol. The van der Waals surface area contributed by atoms with E-state index in [4.69, 9.17) is 4.74 Å².